The van der Waals surface area contributed by atoms with Crippen LogP contribution in [0.15, 0.2) is 12.1 Å². The fourth-order valence-corrected chi connectivity index (χ4v) is 1.21. The van der Waals surface area contributed by atoms with E-state index in [1.807, 2.05) is 21.0 Å². The third-order valence-electron chi connectivity index (χ3n) is 2.10. The van der Waals surface area contributed by atoms with Crippen LogP contribution >= 0.6 is 0 Å². The molecular weight excluding hydrogens is 218 g/mol. The lowest BCUT2D eigenvalue weighted by Gasteiger charge is -2.10. The Balaban J connectivity index is 2.47. The zero-order chi connectivity index (χ0) is 12.7. The average molecular weight is 237 g/mol. The topological polar surface area (TPSA) is 70.2 Å². The van der Waals surface area contributed by atoms with E-state index in [1.54, 1.807) is 12.1 Å². The van der Waals surface area contributed by atoms with Crippen LogP contribution in [0.3, 0.4) is 0 Å². The number of amides is 1. The van der Waals surface area contributed by atoms with Gasteiger partial charge in [0.2, 0.25) is 0 Å². The van der Waals surface area contributed by atoms with Gasteiger partial charge >= 0.3 is 0 Å². The summed E-state index contributed by atoms with van der Waals surface area (Å²) < 4.78 is 0. The number of likely N-dealkylation sites (N-methyl/N-ethyl adjacent to an activating group) is 1. The van der Waals surface area contributed by atoms with E-state index in [2.05, 4.69) is 25.7 Å². The van der Waals surface area contributed by atoms with Crippen molar-refractivity contribution in [2.45, 2.75) is 6.92 Å². The Bertz CT molecular complexity index is 349. The van der Waals surface area contributed by atoms with E-state index in [0.717, 1.165) is 13.1 Å². The largest absolute Gasteiger partial charge is 0.367 e. The smallest absolute Gasteiger partial charge is 0.271 e. The summed E-state index contributed by atoms with van der Waals surface area (Å²) >= 11 is 0. The van der Waals surface area contributed by atoms with Crippen molar-refractivity contribution in [1.29, 1.82) is 0 Å². The number of carbonyl (C=O) groups excluding carboxylic acids is 1. The highest BCUT2D eigenvalue weighted by Gasteiger charge is 2.06. The summed E-state index contributed by atoms with van der Waals surface area (Å²) in [6.45, 7) is 4.16. The SMILES string of the molecule is CCNC(=O)c1ccc(NCCN(C)C)nn1. The number of carbonyl (C=O) groups is 1. The fourth-order valence-electron chi connectivity index (χ4n) is 1.21. The van der Waals surface area contributed by atoms with E-state index in [9.17, 15) is 4.79 Å². The number of nitrogens with one attached hydrogen (secondary N) is 2. The van der Waals surface area contributed by atoms with Crippen LogP contribution in [-0.2, 0) is 0 Å². The molecule has 1 rings (SSSR count). The summed E-state index contributed by atoms with van der Waals surface area (Å²) in [7, 11) is 4.01. The first-order valence-corrected chi connectivity index (χ1v) is 5.64. The maximum Gasteiger partial charge on any atom is 0.271 e. The van der Waals surface area contributed by atoms with Gasteiger partial charge in [0.25, 0.3) is 5.91 Å². The molecule has 0 bridgehead atoms. The van der Waals surface area contributed by atoms with Crippen molar-refractivity contribution in [3.8, 4) is 0 Å². The van der Waals surface area contributed by atoms with Gasteiger partial charge in [-0.1, -0.05) is 0 Å². The summed E-state index contributed by atoms with van der Waals surface area (Å²) in [5.74, 6) is 0.486. The highest BCUT2D eigenvalue weighted by atomic mass is 16.1. The first kappa shape index (κ1) is 13.4. The van der Waals surface area contributed by atoms with Crippen LogP contribution in [0.2, 0.25) is 0 Å². The lowest BCUT2D eigenvalue weighted by atomic mass is 10.3. The van der Waals surface area contributed by atoms with E-state index < -0.39 is 0 Å². The molecule has 6 nitrogen and oxygen atoms in total. The maximum atomic E-state index is 11.4. The summed E-state index contributed by atoms with van der Waals surface area (Å²) in [6.07, 6.45) is 0. The minimum atomic E-state index is -0.195. The molecule has 1 aromatic heterocycles. The molecular formula is C11H19N5O. The molecule has 2 N–H and O–H groups in total. The van der Waals surface area contributed by atoms with Gasteiger partial charge in [-0.2, -0.15) is 0 Å². The van der Waals surface area contributed by atoms with E-state index in [4.69, 9.17) is 0 Å². The summed E-state index contributed by atoms with van der Waals surface area (Å²) in [6, 6.07) is 3.42. The molecule has 0 saturated carbocycles. The fraction of sp³-hybridized carbons (Fsp3) is 0.545. The van der Waals surface area contributed by atoms with Crippen molar-refractivity contribution < 1.29 is 4.79 Å². The normalized spacial score (nSPS) is 10.4. The van der Waals surface area contributed by atoms with Crippen molar-refractivity contribution in [2.75, 3.05) is 39.0 Å². The van der Waals surface area contributed by atoms with Crippen LogP contribution in [0.5, 0.6) is 0 Å². The van der Waals surface area contributed by atoms with E-state index in [1.165, 1.54) is 0 Å². The highest BCUT2D eigenvalue weighted by molar-refractivity contribution is 5.92. The van der Waals surface area contributed by atoms with Crippen LogP contribution in [0.25, 0.3) is 0 Å². The van der Waals surface area contributed by atoms with Gasteiger partial charge < -0.3 is 15.5 Å². The van der Waals surface area contributed by atoms with Gasteiger partial charge in [0.05, 0.1) is 0 Å². The van der Waals surface area contributed by atoms with Crippen LogP contribution < -0.4 is 10.6 Å². The van der Waals surface area contributed by atoms with Crippen molar-refractivity contribution >= 4 is 11.7 Å². The lowest BCUT2D eigenvalue weighted by molar-refractivity contribution is 0.0950. The molecule has 0 fully saturated rings. The number of rotatable bonds is 6. The van der Waals surface area contributed by atoms with Gasteiger partial charge in [-0.15, -0.1) is 10.2 Å². The molecule has 0 aliphatic carbocycles. The monoisotopic (exact) mass is 237 g/mol. The first-order valence-electron chi connectivity index (χ1n) is 5.64. The maximum absolute atomic E-state index is 11.4. The second-order valence-corrected chi connectivity index (χ2v) is 3.89. The second-order valence-electron chi connectivity index (χ2n) is 3.89. The quantitative estimate of drug-likeness (QED) is 0.739. The van der Waals surface area contributed by atoms with E-state index >= 15 is 0 Å². The van der Waals surface area contributed by atoms with Crippen molar-refractivity contribution in [2.24, 2.45) is 0 Å². The molecule has 1 heterocycles. The van der Waals surface area contributed by atoms with Crippen molar-refractivity contribution in [1.82, 2.24) is 20.4 Å². The van der Waals surface area contributed by atoms with Crippen LogP contribution in [0.4, 0.5) is 5.82 Å². The third-order valence-corrected chi connectivity index (χ3v) is 2.10. The third kappa shape index (κ3) is 4.78. The predicted molar refractivity (Wildman–Crippen MR) is 67.1 cm³/mol. The van der Waals surface area contributed by atoms with Crippen molar-refractivity contribution in [3.63, 3.8) is 0 Å². The zero-order valence-corrected chi connectivity index (χ0v) is 10.5. The molecule has 0 aliphatic heterocycles. The molecule has 0 aromatic carbocycles. The van der Waals surface area contributed by atoms with Crippen molar-refractivity contribution in [3.05, 3.63) is 17.8 Å². The number of nitrogens with zero attached hydrogens (tertiary/aromatic N) is 3. The summed E-state index contributed by atoms with van der Waals surface area (Å²) in [4.78, 5) is 13.5. The van der Waals surface area contributed by atoms with E-state index in [-0.39, 0.29) is 5.91 Å². The zero-order valence-electron chi connectivity index (χ0n) is 10.5. The Hall–Kier alpha value is -1.69. The van der Waals surface area contributed by atoms with Gasteiger partial charge in [0.15, 0.2) is 5.69 Å². The predicted octanol–water partition coefficient (Wildman–Crippen LogP) is 0.200. The highest BCUT2D eigenvalue weighted by Crippen LogP contribution is 2.01. The Labute approximate surface area is 101 Å². The molecule has 0 radical (unpaired) electrons. The molecule has 94 valence electrons. The summed E-state index contributed by atoms with van der Waals surface area (Å²) in [5.41, 5.74) is 0.338. The minimum Gasteiger partial charge on any atom is -0.367 e. The Morgan fingerprint density at radius 3 is 2.65 bits per heavy atom. The lowest BCUT2D eigenvalue weighted by Crippen LogP contribution is -2.24. The van der Waals surface area contributed by atoms with Crippen LogP contribution in [-0.4, -0.2) is 54.7 Å². The van der Waals surface area contributed by atoms with Gasteiger partial charge in [-0.05, 0) is 33.2 Å². The minimum absolute atomic E-state index is 0.195. The molecule has 0 atom stereocenters. The Kier molecular flexibility index (Phi) is 5.35. The van der Waals surface area contributed by atoms with Gasteiger partial charge in [-0.3, -0.25) is 4.79 Å². The number of aromatic nitrogens is 2. The molecule has 6 heteroatoms. The molecule has 17 heavy (non-hydrogen) atoms. The average Bonchev–Trinajstić information content (AvgIpc) is 2.30. The molecule has 1 amide bonds. The summed E-state index contributed by atoms with van der Waals surface area (Å²) in [5, 5.41) is 13.6. The number of hydrogen-bond donors (Lipinski definition) is 2. The molecule has 1 aromatic rings. The van der Waals surface area contributed by atoms with E-state index in [0.29, 0.717) is 18.1 Å². The molecule has 0 spiro atoms. The van der Waals surface area contributed by atoms with Crippen LogP contribution in [0, 0.1) is 0 Å². The van der Waals surface area contributed by atoms with Gasteiger partial charge in [-0.25, -0.2) is 0 Å². The first-order chi connectivity index (χ1) is 8.13. The number of anilines is 1. The van der Waals surface area contributed by atoms with Gasteiger partial charge in [0, 0.05) is 19.6 Å². The molecule has 0 saturated heterocycles. The molecule has 0 unspecified atom stereocenters. The van der Waals surface area contributed by atoms with Gasteiger partial charge in [0.1, 0.15) is 5.82 Å². The number of hydrogen-bond acceptors (Lipinski definition) is 5. The van der Waals surface area contributed by atoms with Crippen LogP contribution in [0.1, 0.15) is 17.4 Å². The Morgan fingerprint density at radius 2 is 2.12 bits per heavy atom. The molecule has 0 aliphatic rings. The standard InChI is InChI=1S/C11H19N5O/c1-4-12-11(17)9-5-6-10(15-14-9)13-7-8-16(2)3/h5-6H,4,7-8H2,1-3H3,(H,12,17)(H,13,15). The Morgan fingerprint density at radius 1 is 1.35 bits per heavy atom. The second kappa shape index (κ2) is 6.80.